The Labute approximate surface area is 244 Å². The maximum Gasteiger partial charge on any atom is 0.261 e. The van der Waals surface area contributed by atoms with Gasteiger partial charge in [-0.05, 0) is 61.6 Å². The second kappa shape index (κ2) is 12.3. The minimum atomic E-state index is -3.91. The third-order valence-electron chi connectivity index (χ3n) is 6.81. The SMILES string of the molecule is CNCCC(=O)N(C)c1ccc(N=C(c2ccccc2)c2c(O)[nH]c3ccc(S(=O)(=O)Nc4ccccc4)cc23)cc1. The van der Waals surface area contributed by atoms with E-state index in [9.17, 15) is 18.3 Å². The lowest BCUT2D eigenvalue weighted by Gasteiger charge is -2.17. The molecule has 0 saturated carbocycles. The maximum atomic E-state index is 13.2. The van der Waals surface area contributed by atoms with Gasteiger partial charge in [0.1, 0.15) is 0 Å². The lowest BCUT2D eigenvalue weighted by molar-refractivity contribution is -0.118. The van der Waals surface area contributed by atoms with Crippen LogP contribution in [0.15, 0.2) is 113 Å². The Morgan fingerprint density at radius 1 is 0.929 bits per heavy atom. The number of carbonyl (C=O) groups excluding carboxylic acids is 1. The van der Waals surface area contributed by atoms with Gasteiger partial charge in [-0.15, -0.1) is 0 Å². The molecule has 5 aromatic rings. The van der Waals surface area contributed by atoms with Crippen LogP contribution in [-0.4, -0.2) is 50.8 Å². The summed E-state index contributed by atoms with van der Waals surface area (Å²) < 4.78 is 29.1. The number of nitrogens with zero attached hydrogens (tertiary/aromatic N) is 2. The monoisotopic (exact) mass is 581 g/mol. The van der Waals surface area contributed by atoms with Crippen LogP contribution in [0.1, 0.15) is 17.5 Å². The van der Waals surface area contributed by atoms with Gasteiger partial charge < -0.3 is 20.3 Å². The Hall–Kier alpha value is -4.93. The number of benzene rings is 4. The Morgan fingerprint density at radius 2 is 1.60 bits per heavy atom. The van der Waals surface area contributed by atoms with E-state index < -0.39 is 10.0 Å². The van der Waals surface area contributed by atoms with Crippen molar-refractivity contribution in [3.8, 4) is 5.88 Å². The number of hydrogen-bond acceptors (Lipinski definition) is 6. The van der Waals surface area contributed by atoms with Crippen LogP contribution >= 0.6 is 0 Å². The third-order valence-corrected chi connectivity index (χ3v) is 8.19. The van der Waals surface area contributed by atoms with Crippen LogP contribution in [0.5, 0.6) is 5.88 Å². The van der Waals surface area contributed by atoms with E-state index in [1.165, 1.54) is 12.1 Å². The molecule has 9 nitrogen and oxygen atoms in total. The fourth-order valence-corrected chi connectivity index (χ4v) is 5.65. The van der Waals surface area contributed by atoms with Gasteiger partial charge >= 0.3 is 0 Å². The fourth-order valence-electron chi connectivity index (χ4n) is 4.57. The smallest absolute Gasteiger partial charge is 0.261 e. The topological polar surface area (TPSA) is 127 Å². The Balaban J connectivity index is 1.57. The predicted molar refractivity (Wildman–Crippen MR) is 167 cm³/mol. The summed E-state index contributed by atoms with van der Waals surface area (Å²) in [6.45, 7) is 0.589. The molecule has 0 aliphatic heterocycles. The number of hydrogen-bond donors (Lipinski definition) is 4. The molecule has 0 unspecified atom stereocenters. The molecule has 0 bridgehead atoms. The zero-order valence-electron chi connectivity index (χ0n) is 23.2. The van der Waals surface area contributed by atoms with Gasteiger partial charge in [-0.2, -0.15) is 0 Å². The highest BCUT2D eigenvalue weighted by Crippen LogP contribution is 2.33. The summed E-state index contributed by atoms with van der Waals surface area (Å²) in [5.41, 5.74) is 3.88. The zero-order valence-corrected chi connectivity index (χ0v) is 24.0. The quantitative estimate of drug-likeness (QED) is 0.164. The number of aromatic hydroxyl groups is 1. The van der Waals surface area contributed by atoms with Gasteiger partial charge in [0.25, 0.3) is 10.0 Å². The van der Waals surface area contributed by atoms with E-state index in [1.54, 1.807) is 67.5 Å². The number of aromatic amines is 1. The highest BCUT2D eigenvalue weighted by molar-refractivity contribution is 7.92. The van der Waals surface area contributed by atoms with Crippen molar-refractivity contribution in [2.24, 2.45) is 4.99 Å². The second-order valence-corrected chi connectivity index (χ2v) is 11.4. The summed E-state index contributed by atoms with van der Waals surface area (Å²) in [5, 5.41) is 14.5. The molecule has 0 radical (unpaired) electrons. The number of para-hydroxylation sites is 1. The van der Waals surface area contributed by atoms with Gasteiger partial charge in [0.15, 0.2) is 5.88 Å². The molecule has 1 aromatic heterocycles. The molecular formula is C32H31N5O4S. The van der Waals surface area contributed by atoms with Gasteiger partial charge in [0.2, 0.25) is 5.91 Å². The average molecular weight is 582 g/mol. The number of amides is 1. The molecule has 1 amide bonds. The van der Waals surface area contributed by atoms with E-state index in [4.69, 9.17) is 4.99 Å². The van der Waals surface area contributed by atoms with Crippen molar-refractivity contribution in [1.82, 2.24) is 10.3 Å². The van der Waals surface area contributed by atoms with E-state index in [1.807, 2.05) is 42.5 Å². The maximum absolute atomic E-state index is 13.2. The van der Waals surface area contributed by atoms with E-state index >= 15 is 0 Å². The molecule has 4 aromatic carbocycles. The zero-order chi connectivity index (χ0) is 29.7. The van der Waals surface area contributed by atoms with Gasteiger partial charge in [-0.25, -0.2) is 13.4 Å². The lowest BCUT2D eigenvalue weighted by atomic mass is 10.0. The second-order valence-electron chi connectivity index (χ2n) is 9.68. The van der Waals surface area contributed by atoms with E-state index in [0.717, 1.165) is 11.3 Å². The van der Waals surface area contributed by atoms with Gasteiger partial charge in [0.05, 0.1) is 21.9 Å². The van der Waals surface area contributed by atoms with Crippen LogP contribution in [0.25, 0.3) is 10.9 Å². The molecule has 0 aliphatic carbocycles. The van der Waals surface area contributed by atoms with Crippen molar-refractivity contribution in [2.45, 2.75) is 11.3 Å². The van der Waals surface area contributed by atoms with E-state index in [-0.39, 0.29) is 16.7 Å². The number of rotatable bonds is 10. The number of H-pyrrole nitrogens is 1. The Bertz CT molecular complexity index is 1840. The van der Waals surface area contributed by atoms with Crippen molar-refractivity contribution in [3.63, 3.8) is 0 Å². The Morgan fingerprint density at radius 3 is 2.26 bits per heavy atom. The molecule has 0 saturated heterocycles. The fraction of sp³-hybridized carbons (Fsp3) is 0.125. The van der Waals surface area contributed by atoms with Crippen molar-refractivity contribution in [2.75, 3.05) is 30.3 Å². The van der Waals surface area contributed by atoms with Gasteiger partial charge in [-0.1, -0.05) is 48.5 Å². The number of aromatic nitrogens is 1. The van der Waals surface area contributed by atoms with Crippen molar-refractivity contribution in [1.29, 1.82) is 0 Å². The largest absolute Gasteiger partial charge is 0.494 e. The van der Waals surface area contributed by atoms with E-state index in [0.29, 0.717) is 46.5 Å². The van der Waals surface area contributed by atoms with Crippen LogP contribution in [0, 0.1) is 0 Å². The summed E-state index contributed by atoms with van der Waals surface area (Å²) in [6, 6.07) is 29.9. The molecule has 0 fully saturated rings. The highest BCUT2D eigenvalue weighted by atomic mass is 32.2. The predicted octanol–water partition coefficient (Wildman–Crippen LogP) is 5.42. The molecule has 0 atom stereocenters. The third kappa shape index (κ3) is 6.19. The van der Waals surface area contributed by atoms with Crippen LogP contribution in [-0.2, 0) is 14.8 Å². The first-order chi connectivity index (χ1) is 20.3. The molecule has 10 heteroatoms. The Kier molecular flexibility index (Phi) is 8.37. The molecular weight excluding hydrogens is 550 g/mol. The average Bonchev–Trinajstić information content (AvgIpc) is 3.34. The van der Waals surface area contributed by atoms with Crippen molar-refractivity contribution >= 4 is 49.6 Å². The van der Waals surface area contributed by atoms with Crippen LogP contribution < -0.4 is 14.9 Å². The summed E-state index contributed by atoms with van der Waals surface area (Å²) in [5.74, 6) is -0.147. The number of carbonyl (C=O) groups is 1. The van der Waals surface area contributed by atoms with Crippen LogP contribution in [0.3, 0.4) is 0 Å². The minimum Gasteiger partial charge on any atom is -0.494 e. The highest BCUT2D eigenvalue weighted by Gasteiger charge is 2.22. The number of fused-ring (bicyclic) bond motifs is 1. The molecule has 214 valence electrons. The molecule has 42 heavy (non-hydrogen) atoms. The summed E-state index contributed by atoms with van der Waals surface area (Å²) in [7, 11) is -0.376. The van der Waals surface area contributed by atoms with Crippen LogP contribution in [0.2, 0.25) is 0 Å². The molecule has 4 N–H and O–H groups in total. The molecule has 1 heterocycles. The normalized spacial score (nSPS) is 11.9. The molecule has 5 rings (SSSR count). The minimum absolute atomic E-state index is 0.0122. The molecule has 0 spiro atoms. The van der Waals surface area contributed by atoms with Crippen molar-refractivity contribution in [3.05, 3.63) is 114 Å². The summed E-state index contributed by atoms with van der Waals surface area (Å²) in [4.78, 5) is 21.9. The first-order valence-corrected chi connectivity index (χ1v) is 14.8. The lowest BCUT2D eigenvalue weighted by Crippen LogP contribution is -2.28. The first kappa shape index (κ1) is 28.6. The van der Waals surface area contributed by atoms with Crippen molar-refractivity contribution < 1.29 is 18.3 Å². The molecule has 0 aliphatic rings. The number of sulfonamides is 1. The number of aliphatic imine (C=N–C) groups is 1. The number of anilines is 2. The summed E-state index contributed by atoms with van der Waals surface area (Å²) in [6.07, 6.45) is 0.378. The first-order valence-electron chi connectivity index (χ1n) is 13.3. The summed E-state index contributed by atoms with van der Waals surface area (Å²) >= 11 is 0. The van der Waals surface area contributed by atoms with Crippen LogP contribution in [0.4, 0.5) is 17.1 Å². The number of nitrogens with one attached hydrogen (secondary N) is 3. The van der Waals surface area contributed by atoms with Gasteiger partial charge in [-0.3, -0.25) is 9.52 Å². The van der Waals surface area contributed by atoms with Gasteiger partial charge in [0, 0.05) is 47.9 Å². The standard InChI is InChI=1S/C32H31N5O4S/c1-33-20-19-29(38)37(2)25-15-13-23(14-16-25)34-31(22-9-5-3-6-10-22)30-27-21-26(17-18-28(27)35-32(30)39)42(40,41)36-24-11-7-4-8-12-24/h3-18,21,33,35-36,39H,19-20H2,1-2H3. The van der Waals surface area contributed by atoms with E-state index in [2.05, 4.69) is 15.0 Å².